The Labute approximate surface area is 117 Å². The van der Waals surface area contributed by atoms with Gasteiger partial charge in [0.1, 0.15) is 12.7 Å². The molecular formula is C13H20O7. The molecule has 114 valence electrons. The molecule has 2 fully saturated rings. The van der Waals surface area contributed by atoms with E-state index in [1.54, 1.807) is 13.8 Å². The number of rotatable bonds is 5. The summed E-state index contributed by atoms with van der Waals surface area (Å²) in [6.07, 6.45) is -1.94. The van der Waals surface area contributed by atoms with E-state index in [2.05, 4.69) is 6.58 Å². The van der Waals surface area contributed by atoms with E-state index >= 15 is 0 Å². The summed E-state index contributed by atoms with van der Waals surface area (Å²) in [4.78, 5) is 11.4. The van der Waals surface area contributed by atoms with Gasteiger partial charge in [0.25, 0.3) is 0 Å². The van der Waals surface area contributed by atoms with Crippen LogP contribution in [0, 0.1) is 0 Å². The van der Waals surface area contributed by atoms with Gasteiger partial charge < -0.3 is 28.4 Å². The lowest BCUT2D eigenvalue weighted by atomic mass is 10.2. The molecule has 0 spiro atoms. The molecule has 0 radical (unpaired) electrons. The lowest BCUT2D eigenvalue weighted by Crippen LogP contribution is -2.39. The van der Waals surface area contributed by atoms with Crippen LogP contribution in [-0.2, 0) is 28.4 Å². The molecule has 2 aliphatic rings. The highest BCUT2D eigenvalue weighted by Gasteiger charge is 2.57. The minimum Gasteiger partial charge on any atom is -0.430 e. The van der Waals surface area contributed by atoms with Gasteiger partial charge in [-0.15, -0.1) is 0 Å². The van der Waals surface area contributed by atoms with Crippen LogP contribution in [0.15, 0.2) is 12.7 Å². The molecule has 0 aromatic heterocycles. The molecule has 2 rings (SSSR count). The van der Waals surface area contributed by atoms with Crippen LogP contribution >= 0.6 is 0 Å². The van der Waals surface area contributed by atoms with Crippen LogP contribution in [0.3, 0.4) is 0 Å². The number of fused-ring (bicyclic) bond motifs is 1. The van der Waals surface area contributed by atoms with Crippen LogP contribution in [0.4, 0.5) is 4.79 Å². The van der Waals surface area contributed by atoms with Gasteiger partial charge >= 0.3 is 6.16 Å². The summed E-state index contributed by atoms with van der Waals surface area (Å²) in [5.74, 6) is -0.751. The molecule has 2 heterocycles. The average molecular weight is 288 g/mol. The third kappa shape index (κ3) is 3.29. The summed E-state index contributed by atoms with van der Waals surface area (Å²) in [5.41, 5.74) is 0. The minimum atomic E-state index is -0.918. The maximum Gasteiger partial charge on any atom is 0.511 e. The predicted molar refractivity (Wildman–Crippen MR) is 66.7 cm³/mol. The molecule has 7 heteroatoms. The van der Waals surface area contributed by atoms with Crippen LogP contribution in [0.25, 0.3) is 0 Å². The van der Waals surface area contributed by atoms with Gasteiger partial charge in [-0.3, -0.25) is 0 Å². The normalized spacial score (nSPS) is 34.5. The Hall–Kier alpha value is -1.15. The topological polar surface area (TPSA) is 72.5 Å². The van der Waals surface area contributed by atoms with Crippen molar-refractivity contribution in [2.45, 2.75) is 51.3 Å². The number of carbonyl (C=O) groups is 1. The Morgan fingerprint density at radius 1 is 1.40 bits per heavy atom. The summed E-state index contributed by atoms with van der Waals surface area (Å²) in [6.45, 7) is 9.34. The van der Waals surface area contributed by atoms with E-state index in [0.717, 1.165) is 0 Å². The zero-order chi connectivity index (χ0) is 14.8. The third-order valence-electron chi connectivity index (χ3n) is 2.84. The van der Waals surface area contributed by atoms with Crippen molar-refractivity contribution < 1.29 is 33.2 Å². The van der Waals surface area contributed by atoms with Crippen molar-refractivity contribution in [2.75, 3.05) is 13.2 Å². The summed E-state index contributed by atoms with van der Waals surface area (Å²) >= 11 is 0. The molecule has 0 aromatic rings. The molecule has 0 N–H and O–H groups in total. The van der Waals surface area contributed by atoms with Gasteiger partial charge in [-0.05, 0) is 20.8 Å². The van der Waals surface area contributed by atoms with E-state index in [-0.39, 0.29) is 6.61 Å². The van der Waals surface area contributed by atoms with Crippen LogP contribution in [0.1, 0.15) is 20.8 Å². The van der Waals surface area contributed by atoms with E-state index < -0.39 is 36.7 Å². The average Bonchev–Trinajstić information content (AvgIpc) is 2.81. The Balaban J connectivity index is 1.97. The van der Waals surface area contributed by atoms with Crippen molar-refractivity contribution in [2.24, 2.45) is 0 Å². The molecule has 2 aliphatic heterocycles. The first-order chi connectivity index (χ1) is 9.46. The van der Waals surface area contributed by atoms with Crippen LogP contribution in [-0.4, -0.2) is 49.9 Å². The van der Waals surface area contributed by atoms with Gasteiger partial charge in [-0.1, -0.05) is 12.7 Å². The first-order valence-corrected chi connectivity index (χ1v) is 6.54. The molecule has 0 amide bonds. The molecule has 0 bridgehead atoms. The van der Waals surface area contributed by atoms with Crippen molar-refractivity contribution in [3.05, 3.63) is 12.7 Å². The van der Waals surface area contributed by atoms with Crippen molar-refractivity contribution in [1.29, 1.82) is 0 Å². The zero-order valence-electron chi connectivity index (χ0n) is 11.9. The predicted octanol–water partition coefficient (Wildman–Crippen LogP) is 1.56. The molecule has 0 aromatic carbocycles. The fourth-order valence-corrected chi connectivity index (χ4v) is 2.17. The van der Waals surface area contributed by atoms with Gasteiger partial charge in [0.15, 0.2) is 18.2 Å². The summed E-state index contributed by atoms with van der Waals surface area (Å²) in [5, 5.41) is 0. The van der Waals surface area contributed by atoms with E-state index in [1.807, 2.05) is 6.92 Å². The smallest absolute Gasteiger partial charge is 0.430 e. The largest absolute Gasteiger partial charge is 0.511 e. The quantitative estimate of drug-likeness (QED) is 0.561. The first kappa shape index (κ1) is 15.2. The molecule has 4 atom stereocenters. The Morgan fingerprint density at radius 3 is 2.80 bits per heavy atom. The fourth-order valence-electron chi connectivity index (χ4n) is 2.17. The lowest BCUT2D eigenvalue weighted by molar-refractivity contribution is -0.255. The first-order valence-electron chi connectivity index (χ1n) is 6.54. The van der Waals surface area contributed by atoms with Crippen LogP contribution < -0.4 is 0 Å². The Kier molecular flexibility index (Phi) is 4.64. The highest BCUT2D eigenvalue weighted by Crippen LogP contribution is 2.39. The van der Waals surface area contributed by atoms with Gasteiger partial charge in [0.2, 0.25) is 6.29 Å². The van der Waals surface area contributed by atoms with Crippen molar-refractivity contribution in [3.8, 4) is 0 Å². The number of hydrogen-bond acceptors (Lipinski definition) is 7. The Bertz CT molecular complexity index is 368. The molecule has 0 saturated carbocycles. The summed E-state index contributed by atoms with van der Waals surface area (Å²) in [7, 11) is 0. The van der Waals surface area contributed by atoms with Gasteiger partial charge in [-0.2, -0.15) is 0 Å². The van der Waals surface area contributed by atoms with Crippen molar-refractivity contribution in [3.63, 3.8) is 0 Å². The molecule has 0 aliphatic carbocycles. The van der Waals surface area contributed by atoms with Gasteiger partial charge in [0, 0.05) is 6.61 Å². The number of carbonyl (C=O) groups excluding carboxylic acids is 1. The molecule has 2 saturated heterocycles. The van der Waals surface area contributed by atoms with Crippen molar-refractivity contribution in [1.82, 2.24) is 0 Å². The minimum absolute atomic E-state index is 0.0672. The second-order valence-electron chi connectivity index (χ2n) is 4.86. The van der Waals surface area contributed by atoms with E-state index in [9.17, 15) is 4.79 Å². The maximum absolute atomic E-state index is 11.4. The third-order valence-corrected chi connectivity index (χ3v) is 2.84. The summed E-state index contributed by atoms with van der Waals surface area (Å²) < 4.78 is 32.2. The molecule has 20 heavy (non-hydrogen) atoms. The van der Waals surface area contributed by atoms with Gasteiger partial charge in [0.05, 0.1) is 0 Å². The molecular weight excluding hydrogens is 268 g/mol. The SMILES string of the molecule is C=CCOC(=O)O[C@H]1O[C@@H]2OC(C)(C)O[C@@H]2[C@@H]1OCC. The lowest BCUT2D eigenvalue weighted by Gasteiger charge is -2.25. The second-order valence-corrected chi connectivity index (χ2v) is 4.86. The molecule has 0 unspecified atom stereocenters. The van der Waals surface area contributed by atoms with Crippen LogP contribution in [0.5, 0.6) is 0 Å². The summed E-state index contributed by atoms with van der Waals surface area (Å²) in [6, 6.07) is 0. The number of hydrogen-bond donors (Lipinski definition) is 0. The van der Waals surface area contributed by atoms with E-state index in [1.165, 1.54) is 6.08 Å². The zero-order valence-corrected chi connectivity index (χ0v) is 11.9. The Morgan fingerprint density at radius 2 is 2.15 bits per heavy atom. The van der Waals surface area contributed by atoms with E-state index in [0.29, 0.717) is 6.61 Å². The highest BCUT2D eigenvalue weighted by molar-refractivity contribution is 5.60. The fraction of sp³-hybridized carbons (Fsp3) is 0.769. The van der Waals surface area contributed by atoms with E-state index in [4.69, 9.17) is 28.4 Å². The van der Waals surface area contributed by atoms with Gasteiger partial charge in [-0.25, -0.2) is 4.79 Å². The van der Waals surface area contributed by atoms with Crippen molar-refractivity contribution >= 4 is 6.16 Å². The second kappa shape index (κ2) is 6.09. The molecule has 7 nitrogen and oxygen atoms in total. The standard InChI is InChI=1S/C13H20O7/c1-5-7-16-12(14)18-10-8(15-6-2)9-11(17-10)20-13(3,4)19-9/h5,8-11H,1,6-7H2,2-4H3/t8-,9+,10+,11+/m0/s1. The number of ether oxygens (including phenoxy) is 6. The monoisotopic (exact) mass is 288 g/mol. The van der Waals surface area contributed by atoms with Crippen LogP contribution in [0.2, 0.25) is 0 Å². The maximum atomic E-state index is 11.4. The highest BCUT2D eigenvalue weighted by atomic mass is 16.9.